The van der Waals surface area contributed by atoms with Gasteiger partial charge in [-0.2, -0.15) is 26.3 Å². The normalized spacial score (nSPS) is 25.1. The van der Waals surface area contributed by atoms with Gasteiger partial charge in [-0.05, 0) is 12.1 Å². The summed E-state index contributed by atoms with van der Waals surface area (Å²) >= 11 is 0. The maximum atomic E-state index is 12.8. The summed E-state index contributed by atoms with van der Waals surface area (Å²) in [6.07, 6.45) is -3.15. The Hall–Kier alpha value is -1.40. The molecule has 0 heterocycles. The van der Waals surface area contributed by atoms with Gasteiger partial charge in [0, 0.05) is 0 Å². The van der Waals surface area contributed by atoms with Gasteiger partial charge in [-0.1, -0.05) is 18.2 Å². The lowest BCUT2D eigenvalue weighted by molar-refractivity contribution is -0.440. The van der Waals surface area contributed by atoms with Crippen molar-refractivity contribution in [3.8, 4) is 5.75 Å². The fourth-order valence-electron chi connectivity index (χ4n) is 1.48. The Morgan fingerprint density at radius 1 is 0.824 bits per heavy atom. The third-order valence-electron chi connectivity index (χ3n) is 2.49. The molecule has 0 aliphatic heterocycles. The van der Waals surface area contributed by atoms with Gasteiger partial charge in [0.15, 0.2) is 0 Å². The zero-order valence-electron chi connectivity index (χ0n) is 8.14. The Morgan fingerprint density at radius 2 is 1.29 bits per heavy atom. The van der Waals surface area contributed by atoms with Crippen LogP contribution in [0.25, 0.3) is 0 Å². The lowest BCUT2D eigenvalue weighted by Gasteiger charge is -2.49. The average Bonchev–Trinajstić information content (AvgIpc) is 2.26. The SMILES string of the molecule is FC1(F)C(Oc2ccccc2)C(F)(F)C1(F)F. The van der Waals surface area contributed by atoms with Crippen LogP contribution in [0, 0.1) is 0 Å². The predicted octanol–water partition coefficient (Wildman–Crippen LogP) is 3.35. The van der Waals surface area contributed by atoms with E-state index in [1.165, 1.54) is 18.2 Å². The lowest BCUT2D eigenvalue weighted by atomic mass is 9.80. The Labute approximate surface area is 92.0 Å². The highest BCUT2D eigenvalue weighted by Crippen LogP contribution is 2.61. The van der Waals surface area contributed by atoms with Crippen molar-refractivity contribution in [2.75, 3.05) is 0 Å². The highest BCUT2D eigenvalue weighted by Gasteiger charge is 2.92. The van der Waals surface area contributed by atoms with E-state index in [1.807, 2.05) is 0 Å². The number of halogens is 6. The molecule has 0 bridgehead atoms. The van der Waals surface area contributed by atoms with E-state index in [2.05, 4.69) is 4.74 Å². The summed E-state index contributed by atoms with van der Waals surface area (Å²) in [7, 11) is 0. The molecule has 0 spiro atoms. The number of benzene rings is 1. The summed E-state index contributed by atoms with van der Waals surface area (Å²) < 4.78 is 80.4. The van der Waals surface area contributed by atoms with Gasteiger partial charge >= 0.3 is 17.8 Å². The van der Waals surface area contributed by atoms with Crippen molar-refractivity contribution < 1.29 is 31.1 Å². The van der Waals surface area contributed by atoms with Crippen molar-refractivity contribution in [3.63, 3.8) is 0 Å². The number of ether oxygens (including phenoxy) is 1. The van der Waals surface area contributed by atoms with E-state index in [-0.39, 0.29) is 5.75 Å². The zero-order valence-corrected chi connectivity index (χ0v) is 8.14. The molecule has 0 aromatic heterocycles. The largest absolute Gasteiger partial charge is 0.477 e. The second kappa shape index (κ2) is 3.30. The quantitative estimate of drug-likeness (QED) is 0.737. The van der Waals surface area contributed by atoms with E-state index in [1.54, 1.807) is 0 Å². The molecule has 2 rings (SSSR count). The molecule has 1 fully saturated rings. The number of hydrogen-bond donors (Lipinski definition) is 0. The molecule has 1 aliphatic rings. The molecule has 0 saturated heterocycles. The van der Waals surface area contributed by atoms with Gasteiger partial charge in [-0.15, -0.1) is 0 Å². The third-order valence-corrected chi connectivity index (χ3v) is 2.49. The second-order valence-corrected chi connectivity index (χ2v) is 3.63. The minimum Gasteiger partial charge on any atom is -0.477 e. The Kier molecular flexibility index (Phi) is 2.34. The molecule has 0 amide bonds. The first-order chi connectivity index (χ1) is 7.71. The second-order valence-electron chi connectivity index (χ2n) is 3.63. The van der Waals surface area contributed by atoms with E-state index in [9.17, 15) is 26.3 Å². The van der Waals surface area contributed by atoms with Crippen LogP contribution in [-0.2, 0) is 0 Å². The molecule has 7 heteroatoms. The van der Waals surface area contributed by atoms with Crippen LogP contribution >= 0.6 is 0 Å². The zero-order chi connectivity index (χ0) is 12.9. The van der Waals surface area contributed by atoms with Crippen LogP contribution < -0.4 is 4.74 Å². The molecule has 0 N–H and O–H groups in total. The molecule has 0 radical (unpaired) electrons. The Morgan fingerprint density at radius 3 is 1.76 bits per heavy atom. The molecular weight excluding hydrogens is 250 g/mol. The van der Waals surface area contributed by atoms with Gasteiger partial charge in [0.25, 0.3) is 0 Å². The van der Waals surface area contributed by atoms with Gasteiger partial charge in [0.05, 0.1) is 0 Å². The van der Waals surface area contributed by atoms with Crippen LogP contribution in [0.15, 0.2) is 30.3 Å². The number of hydrogen-bond acceptors (Lipinski definition) is 1. The topological polar surface area (TPSA) is 9.23 Å². The number of alkyl halides is 6. The number of para-hydroxylation sites is 1. The smallest absolute Gasteiger partial charge is 0.380 e. The van der Waals surface area contributed by atoms with Crippen molar-refractivity contribution in [1.29, 1.82) is 0 Å². The molecule has 1 nitrogen and oxygen atoms in total. The van der Waals surface area contributed by atoms with E-state index >= 15 is 0 Å². The van der Waals surface area contributed by atoms with E-state index in [0.29, 0.717) is 0 Å². The summed E-state index contributed by atoms with van der Waals surface area (Å²) in [4.78, 5) is 0. The van der Waals surface area contributed by atoms with Crippen molar-refractivity contribution in [2.45, 2.75) is 23.9 Å². The van der Waals surface area contributed by atoms with E-state index in [0.717, 1.165) is 12.1 Å². The van der Waals surface area contributed by atoms with E-state index in [4.69, 9.17) is 0 Å². The summed E-state index contributed by atoms with van der Waals surface area (Å²) in [6.45, 7) is 0. The van der Waals surface area contributed by atoms with Crippen molar-refractivity contribution in [2.24, 2.45) is 0 Å². The summed E-state index contributed by atoms with van der Waals surface area (Å²) in [5, 5.41) is 0. The standard InChI is InChI=1S/C10H6F6O/c11-8(12)7(9(13,14)10(8,15)16)17-6-4-2-1-3-5-6/h1-5,7H. The minimum absolute atomic E-state index is 0.313. The average molecular weight is 256 g/mol. The fraction of sp³-hybridized carbons (Fsp3) is 0.400. The van der Waals surface area contributed by atoms with Crippen LogP contribution in [0.5, 0.6) is 5.75 Å². The molecule has 1 aliphatic carbocycles. The monoisotopic (exact) mass is 256 g/mol. The molecule has 1 aromatic rings. The van der Waals surface area contributed by atoms with Crippen LogP contribution in [0.4, 0.5) is 26.3 Å². The first-order valence-electron chi connectivity index (χ1n) is 4.56. The maximum Gasteiger partial charge on any atom is 0.380 e. The third kappa shape index (κ3) is 1.41. The molecular formula is C10H6F6O. The van der Waals surface area contributed by atoms with Crippen LogP contribution in [0.3, 0.4) is 0 Å². The predicted molar refractivity (Wildman–Crippen MR) is 45.7 cm³/mol. The van der Waals surface area contributed by atoms with Crippen molar-refractivity contribution >= 4 is 0 Å². The lowest BCUT2D eigenvalue weighted by Crippen LogP contribution is -2.79. The van der Waals surface area contributed by atoms with Gasteiger partial charge < -0.3 is 4.74 Å². The van der Waals surface area contributed by atoms with Crippen LogP contribution in [0.1, 0.15) is 0 Å². The molecule has 1 aromatic carbocycles. The summed E-state index contributed by atoms with van der Waals surface area (Å²) in [5.74, 6) is -15.5. The van der Waals surface area contributed by atoms with Crippen molar-refractivity contribution in [3.05, 3.63) is 30.3 Å². The van der Waals surface area contributed by atoms with Gasteiger partial charge in [-0.3, -0.25) is 0 Å². The van der Waals surface area contributed by atoms with Gasteiger partial charge in [0.1, 0.15) is 5.75 Å². The van der Waals surface area contributed by atoms with E-state index < -0.39 is 23.9 Å². The highest BCUT2D eigenvalue weighted by atomic mass is 19.4. The Balaban J connectivity index is 2.24. The molecule has 94 valence electrons. The summed E-state index contributed by atoms with van der Waals surface area (Å²) in [5.41, 5.74) is 0. The van der Waals surface area contributed by atoms with Gasteiger partial charge in [0.2, 0.25) is 6.10 Å². The first-order valence-corrected chi connectivity index (χ1v) is 4.56. The molecule has 0 atom stereocenters. The van der Waals surface area contributed by atoms with Crippen LogP contribution in [-0.4, -0.2) is 23.9 Å². The molecule has 1 saturated carbocycles. The Bertz CT molecular complexity index is 398. The number of rotatable bonds is 2. The highest BCUT2D eigenvalue weighted by molar-refractivity contribution is 5.26. The maximum absolute atomic E-state index is 12.8. The van der Waals surface area contributed by atoms with Crippen LogP contribution in [0.2, 0.25) is 0 Å². The molecule has 17 heavy (non-hydrogen) atoms. The fourth-order valence-corrected chi connectivity index (χ4v) is 1.48. The minimum atomic E-state index is -5.38. The molecule has 0 unspecified atom stereocenters. The first kappa shape index (κ1) is 12.1. The van der Waals surface area contributed by atoms with Gasteiger partial charge in [-0.25, -0.2) is 0 Å². The van der Waals surface area contributed by atoms with Crippen molar-refractivity contribution in [1.82, 2.24) is 0 Å². The summed E-state index contributed by atoms with van der Waals surface area (Å²) in [6, 6.07) is 6.45.